The number of piperidine rings is 1. The molecule has 0 radical (unpaired) electrons. The molecule has 9 heteroatoms. The summed E-state index contributed by atoms with van der Waals surface area (Å²) in [6, 6.07) is 7.01. The standard InChI is InChI=1S/C16H16N6O3/c23-16-14(22(24)25)15(18-13-6-1-2-9-20(13)16)19-8-3-5-12(11-19)21-10-4-7-17-21/h1-2,4,6-7,9-10,12H,3,5,8,11H2. The van der Waals surface area contributed by atoms with Crippen LogP contribution in [0.3, 0.4) is 0 Å². The summed E-state index contributed by atoms with van der Waals surface area (Å²) in [5.41, 5.74) is -0.744. The van der Waals surface area contributed by atoms with Crippen LogP contribution in [0.25, 0.3) is 5.65 Å². The predicted octanol–water partition coefficient (Wildman–Crippen LogP) is 1.64. The zero-order valence-corrected chi connectivity index (χ0v) is 13.4. The van der Waals surface area contributed by atoms with Gasteiger partial charge in [-0.25, -0.2) is 4.98 Å². The van der Waals surface area contributed by atoms with E-state index in [2.05, 4.69) is 10.1 Å². The van der Waals surface area contributed by atoms with Gasteiger partial charge in [0.05, 0.1) is 11.0 Å². The van der Waals surface area contributed by atoms with Crippen molar-refractivity contribution in [2.45, 2.75) is 18.9 Å². The van der Waals surface area contributed by atoms with Gasteiger partial charge in [0.2, 0.25) is 5.82 Å². The molecule has 9 nitrogen and oxygen atoms in total. The summed E-state index contributed by atoms with van der Waals surface area (Å²) in [5.74, 6) is 0.137. The lowest BCUT2D eigenvalue weighted by atomic mass is 10.1. The smallest absolute Gasteiger partial charge is 0.348 e. The molecule has 0 aliphatic carbocycles. The Morgan fingerprint density at radius 3 is 2.88 bits per heavy atom. The van der Waals surface area contributed by atoms with Crippen LogP contribution >= 0.6 is 0 Å². The van der Waals surface area contributed by atoms with Gasteiger partial charge in [0.1, 0.15) is 5.65 Å². The first kappa shape index (κ1) is 15.3. The lowest BCUT2D eigenvalue weighted by Gasteiger charge is -2.33. The molecule has 1 unspecified atom stereocenters. The molecule has 3 aromatic rings. The van der Waals surface area contributed by atoms with Crippen molar-refractivity contribution in [3.63, 3.8) is 0 Å². The van der Waals surface area contributed by atoms with E-state index in [1.807, 2.05) is 21.8 Å². The van der Waals surface area contributed by atoms with Crippen molar-refractivity contribution in [3.05, 3.63) is 63.3 Å². The number of fused-ring (bicyclic) bond motifs is 1. The lowest BCUT2D eigenvalue weighted by Crippen LogP contribution is -2.39. The van der Waals surface area contributed by atoms with E-state index in [9.17, 15) is 14.9 Å². The van der Waals surface area contributed by atoms with E-state index in [0.717, 1.165) is 12.8 Å². The molecule has 0 saturated carbocycles. The van der Waals surface area contributed by atoms with E-state index in [4.69, 9.17) is 0 Å². The van der Waals surface area contributed by atoms with Gasteiger partial charge in [-0.3, -0.25) is 24.0 Å². The number of pyridine rings is 1. The average Bonchev–Trinajstić information content (AvgIpc) is 3.16. The number of hydrogen-bond donors (Lipinski definition) is 0. The Morgan fingerprint density at radius 2 is 2.12 bits per heavy atom. The Morgan fingerprint density at radius 1 is 1.24 bits per heavy atom. The third-order valence-electron chi connectivity index (χ3n) is 4.47. The van der Waals surface area contributed by atoms with Gasteiger partial charge in [-0.2, -0.15) is 5.10 Å². The Balaban J connectivity index is 1.81. The van der Waals surface area contributed by atoms with Crippen molar-refractivity contribution >= 4 is 17.2 Å². The first-order chi connectivity index (χ1) is 12.1. The minimum Gasteiger partial charge on any atom is -0.348 e. The molecule has 0 N–H and O–H groups in total. The van der Waals surface area contributed by atoms with E-state index >= 15 is 0 Å². The maximum atomic E-state index is 12.6. The molecule has 1 saturated heterocycles. The maximum absolute atomic E-state index is 12.6. The average molecular weight is 340 g/mol. The van der Waals surface area contributed by atoms with E-state index in [1.54, 1.807) is 24.4 Å². The molecule has 1 fully saturated rings. The molecule has 1 aliphatic heterocycles. The van der Waals surface area contributed by atoms with Crippen molar-refractivity contribution in [2.24, 2.45) is 0 Å². The second-order valence-electron chi connectivity index (χ2n) is 6.00. The van der Waals surface area contributed by atoms with Crippen molar-refractivity contribution in [1.82, 2.24) is 19.2 Å². The first-order valence-electron chi connectivity index (χ1n) is 8.05. The molecule has 0 spiro atoms. The SMILES string of the molecule is O=c1c([N+](=O)[O-])c(N2CCCC(n3cccn3)C2)nc2ccccn12. The van der Waals surface area contributed by atoms with Gasteiger partial charge in [-0.1, -0.05) is 6.07 Å². The highest BCUT2D eigenvalue weighted by Crippen LogP contribution is 2.29. The Bertz CT molecular complexity index is 981. The predicted molar refractivity (Wildman–Crippen MR) is 90.8 cm³/mol. The van der Waals surface area contributed by atoms with E-state index in [-0.39, 0.29) is 11.9 Å². The molecular weight excluding hydrogens is 324 g/mol. The van der Waals surface area contributed by atoms with Crippen LogP contribution in [0.4, 0.5) is 11.5 Å². The largest absolute Gasteiger partial charge is 0.376 e. The fourth-order valence-corrected chi connectivity index (χ4v) is 3.31. The van der Waals surface area contributed by atoms with Crippen LogP contribution in [-0.2, 0) is 0 Å². The topological polar surface area (TPSA) is 98.6 Å². The minimum absolute atomic E-state index is 0.0966. The van der Waals surface area contributed by atoms with Crippen LogP contribution in [0.2, 0.25) is 0 Å². The monoisotopic (exact) mass is 340 g/mol. The normalized spacial score (nSPS) is 17.8. The van der Waals surface area contributed by atoms with E-state index < -0.39 is 16.2 Å². The van der Waals surface area contributed by atoms with Crippen LogP contribution in [0.15, 0.2) is 47.7 Å². The Kier molecular flexibility index (Phi) is 3.68. The van der Waals surface area contributed by atoms with Crippen LogP contribution in [0, 0.1) is 10.1 Å². The fourth-order valence-electron chi connectivity index (χ4n) is 3.31. The maximum Gasteiger partial charge on any atom is 0.376 e. The lowest BCUT2D eigenvalue weighted by molar-refractivity contribution is -0.385. The van der Waals surface area contributed by atoms with E-state index in [1.165, 1.54) is 10.6 Å². The Labute approximate surface area is 142 Å². The van der Waals surface area contributed by atoms with Crippen molar-refractivity contribution < 1.29 is 4.92 Å². The molecule has 4 rings (SSSR count). The number of anilines is 1. The van der Waals surface area contributed by atoms with Crippen LogP contribution < -0.4 is 10.5 Å². The third-order valence-corrected chi connectivity index (χ3v) is 4.47. The minimum atomic E-state index is -0.660. The number of rotatable bonds is 3. The van der Waals surface area contributed by atoms with Gasteiger partial charge in [0.15, 0.2) is 0 Å². The van der Waals surface area contributed by atoms with E-state index in [0.29, 0.717) is 18.7 Å². The van der Waals surface area contributed by atoms with Crippen molar-refractivity contribution in [2.75, 3.05) is 18.0 Å². The zero-order chi connectivity index (χ0) is 17.4. The molecular formula is C16H16N6O3. The van der Waals surface area contributed by atoms with Gasteiger partial charge in [0, 0.05) is 31.7 Å². The Hall–Kier alpha value is -3.23. The van der Waals surface area contributed by atoms with Gasteiger partial charge >= 0.3 is 11.2 Å². The highest BCUT2D eigenvalue weighted by Gasteiger charge is 2.31. The molecule has 0 amide bonds. The third kappa shape index (κ3) is 2.63. The summed E-state index contributed by atoms with van der Waals surface area (Å²) >= 11 is 0. The molecule has 4 heterocycles. The molecule has 3 aromatic heterocycles. The first-order valence-corrected chi connectivity index (χ1v) is 8.05. The molecule has 0 aromatic carbocycles. The fraction of sp³-hybridized carbons (Fsp3) is 0.312. The zero-order valence-electron chi connectivity index (χ0n) is 13.4. The number of nitrogens with zero attached hydrogens (tertiary/aromatic N) is 6. The number of nitro groups is 1. The molecule has 25 heavy (non-hydrogen) atoms. The summed E-state index contributed by atoms with van der Waals surface area (Å²) in [6.45, 7) is 1.14. The molecule has 1 atom stereocenters. The highest BCUT2D eigenvalue weighted by atomic mass is 16.6. The molecule has 1 aliphatic rings. The quantitative estimate of drug-likeness (QED) is 0.531. The number of hydrogen-bond acceptors (Lipinski definition) is 6. The second kappa shape index (κ2) is 6.00. The van der Waals surface area contributed by atoms with Crippen LogP contribution in [0.1, 0.15) is 18.9 Å². The van der Waals surface area contributed by atoms with Gasteiger partial charge < -0.3 is 4.90 Å². The summed E-state index contributed by atoms with van der Waals surface area (Å²) < 4.78 is 3.06. The number of aromatic nitrogens is 4. The van der Waals surface area contributed by atoms with Gasteiger partial charge in [0.25, 0.3) is 0 Å². The van der Waals surface area contributed by atoms with Crippen LogP contribution in [0.5, 0.6) is 0 Å². The summed E-state index contributed by atoms with van der Waals surface area (Å²) in [5, 5.41) is 15.8. The molecule has 0 bridgehead atoms. The van der Waals surface area contributed by atoms with Gasteiger partial charge in [-0.15, -0.1) is 0 Å². The highest BCUT2D eigenvalue weighted by molar-refractivity contribution is 5.61. The summed E-state index contributed by atoms with van der Waals surface area (Å²) in [7, 11) is 0. The van der Waals surface area contributed by atoms with Crippen LogP contribution in [-0.4, -0.2) is 37.2 Å². The van der Waals surface area contributed by atoms with Gasteiger partial charge in [-0.05, 0) is 31.0 Å². The van der Waals surface area contributed by atoms with Crippen molar-refractivity contribution in [3.8, 4) is 0 Å². The molecule has 128 valence electrons. The summed E-state index contributed by atoms with van der Waals surface area (Å²) in [4.78, 5) is 29.7. The van der Waals surface area contributed by atoms with Crippen molar-refractivity contribution in [1.29, 1.82) is 0 Å². The second-order valence-corrected chi connectivity index (χ2v) is 6.00. The summed E-state index contributed by atoms with van der Waals surface area (Å²) in [6.07, 6.45) is 6.85.